The van der Waals surface area contributed by atoms with Crippen molar-refractivity contribution in [2.24, 2.45) is 0 Å². The molecule has 0 aliphatic heterocycles. The second kappa shape index (κ2) is 5.33. The summed E-state index contributed by atoms with van der Waals surface area (Å²) in [5.41, 5.74) is 8.71. The van der Waals surface area contributed by atoms with E-state index in [2.05, 4.69) is 0 Å². The van der Waals surface area contributed by atoms with Gasteiger partial charge in [-0.2, -0.15) is 0 Å². The zero-order valence-corrected chi connectivity index (χ0v) is 13.0. The van der Waals surface area contributed by atoms with Gasteiger partial charge >= 0.3 is 0 Å². The Morgan fingerprint density at radius 1 is 1.05 bits per heavy atom. The van der Waals surface area contributed by atoms with Crippen LogP contribution in [0, 0.1) is 13.8 Å². The molecule has 0 fully saturated rings. The predicted octanol–water partition coefficient (Wildman–Crippen LogP) is 2.52. The number of anilines is 1. The molecular formula is C16H17NO3S. The molecule has 0 bridgehead atoms. The van der Waals surface area contributed by atoms with Crippen molar-refractivity contribution in [3.63, 3.8) is 0 Å². The number of nitrogens with two attached hydrogens (primary N) is 1. The van der Waals surface area contributed by atoms with Crippen LogP contribution < -0.4 is 5.73 Å². The fraction of sp³-hybridized carbons (Fsp3) is 0.188. The highest BCUT2D eigenvalue weighted by molar-refractivity contribution is 7.90. The summed E-state index contributed by atoms with van der Waals surface area (Å²) in [6.07, 6.45) is 1.09. The molecule has 0 heterocycles. The predicted molar refractivity (Wildman–Crippen MR) is 83.3 cm³/mol. The van der Waals surface area contributed by atoms with Gasteiger partial charge in [0.05, 0.1) is 4.90 Å². The van der Waals surface area contributed by atoms with Gasteiger partial charge in [-0.1, -0.05) is 23.8 Å². The highest BCUT2D eigenvalue weighted by Gasteiger charge is 2.16. The zero-order valence-electron chi connectivity index (χ0n) is 12.2. The molecule has 0 saturated heterocycles. The summed E-state index contributed by atoms with van der Waals surface area (Å²) in [5.74, 6) is -0.232. The number of carbonyl (C=O) groups excluding carboxylic acids is 1. The molecule has 0 aliphatic carbocycles. The Balaban J connectivity index is 2.56. The largest absolute Gasteiger partial charge is 0.399 e. The van der Waals surface area contributed by atoms with E-state index in [1.807, 2.05) is 26.0 Å². The van der Waals surface area contributed by atoms with E-state index in [4.69, 9.17) is 5.73 Å². The van der Waals surface area contributed by atoms with Gasteiger partial charge in [0.2, 0.25) is 0 Å². The Hall–Kier alpha value is -2.14. The van der Waals surface area contributed by atoms with Crippen LogP contribution in [0.5, 0.6) is 0 Å². The lowest BCUT2D eigenvalue weighted by atomic mass is 9.97. The molecule has 0 spiro atoms. The molecule has 0 atom stereocenters. The van der Waals surface area contributed by atoms with Crippen molar-refractivity contribution < 1.29 is 13.2 Å². The lowest BCUT2D eigenvalue weighted by molar-refractivity contribution is 0.103. The smallest absolute Gasteiger partial charge is 0.193 e. The SMILES string of the molecule is Cc1ccc(C(=O)c2cc(N)cc(S(C)(=O)=O)c2)c(C)c1. The van der Waals surface area contributed by atoms with Crippen LogP contribution in [-0.4, -0.2) is 20.5 Å². The molecule has 2 rings (SSSR count). The van der Waals surface area contributed by atoms with E-state index in [1.165, 1.54) is 18.2 Å². The Bertz CT molecular complexity index is 823. The summed E-state index contributed by atoms with van der Waals surface area (Å²) < 4.78 is 23.3. The van der Waals surface area contributed by atoms with E-state index in [0.29, 0.717) is 5.56 Å². The van der Waals surface area contributed by atoms with Crippen molar-refractivity contribution in [3.8, 4) is 0 Å². The first kappa shape index (κ1) is 15.3. The highest BCUT2D eigenvalue weighted by Crippen LogP contribution is 2.21. The van der Waals surface area contributed by atoms with Gasteiger partial charge in [-0.05, 0) is 37.6 Å². The molecule has 0 unspecified atom stereocenters. The van der Waals surface area contributed by atoms with Crippen molar-refractivity contribution >= 4 is 21.3 Å². The van der Waals surface area contributed by atoms with Crippen LogP contribution in [0.4, 0.5) is 5.69 Å². The molecule has 4 nitrogen and oxygen atoms in total. The Kier molecular flexibility index (Phi) is 3.87. The number of aryl methyl sites for hydroxylation is 2. The molecule has 0 radical (unpaired) electrons. The zero-order chi connectivity index (χ0) is 15.8. The molecule has 0 aliphatic rings. The first-order valence-corrected chi connectivity index (χ1v) is 8.30. The van der Waals surface area contributed by atoms with Crippen LogP contribution in [0.2, 0.25) is 0 Å². The van der Waals surface area contributed by atoms with E-state index >= 15 is 0 Å². The van der Waals surface area contributed by atoms with Gasteiger partial charge < -0.3 is 5.73 Å². The summed E-state index contributed by atoms with van der Waals surface area (Å²) in [6.45, 7) is 3.80. The number of sulfone groups is 1. The average molecular weight is 303 g/mol. The highest BCUT2D eigenvalue weighted by atomic mass is 32.2. The third kappa shape index (κ3) is 3.31. The Labute approximate surface area is 124 Å². The van der Waals surface area contributed by atoms with Gasteiger partial charge in [-0.3, -0.25) is 4.79 Å². The summed E-state index contributed by atoms with van der Waals surface area (Å²) >= 11 is 0. The Morgan fingerprint density at radius 2 is 1.71 bits per heavy atom. The van der Waals surface area contributed by atoms with Crippen LogP contribution in [-0.2, 0) is 9.84 Å². The van der Waals surface area contributed by atoms with Gasteiger partial charge in [0.15, 0.2) is 15.6 Å². The van der Waals surface area contributed by atoms with Gasteiger partial charge in [0.1, 0.15) is 0 Å². The molecule has 5 heteroatoms. The third-order valence-corrected chi connectivity index (χ3v) is 4.34. The standard InChI is InChI=1S/C16H17NO3S/c1-10-4-5-15(11(2)6-10)16(18)12-7-13(17)9-14(8-12)21(3,19)20/h4-9H,17H2,1-3H3. The minimum absolute atomic E-state index is 0.0515. The second-order valence-corrected chi connectivity index (χ2v) is 7.23. The van der Waals surface area contributed by atoms with Crippen molar-refractivity contribution in [2.75, 3.05) is 12.0 Å². The van der Waals surface area contributed by atoms with E-state index in [-0.39, 0.29) is 21.9 Å². The van der Waals surface area contributed by atoms with Crippen molar-refractivity contribution in [3.05, 3.63) is 58.7 Å². The first-order valence-electron chi connectivity index (χ1n) is 6.41. The van der Waals surface area contributed by atoms with E-state index in [9.17, 15) is 13.2 Å². The molecule has 0 aromatic heterocycles. The summed E-state index contributed by atoms with van der Waals surface area (Å²) in [6, 6.07) is 9.73. The number of hydrogen-bond acceptors (Lipinski definition) is 4. The normalized spacial score (nSPS) is 11.4. The summed E-state index contributed by atoms with van der Waals surface area (Å²) in [4.78, 5) is 12.6. The number of rotatable bonds is 3. The van der Waals surface area contributed by atoms with Gasteiger partial charge in [0.25, 0.3) is 0 Å². The maximum Gasteiger partial charge on any atom is 0.193 e. The molecule has 21 heavy (non-hydrogen) atoms. The van der Waals surface area contributed by atoms with E-state index in [0.717, 1.165) is 17.4 Å². The minimum Gasteiger partial charge on any atom is -0.399 e. The van der Waals surface area contributed by atoms with E-state index in [1.54, 1.807) is 6.07 Å². The van der Waals surface area contributed by atoms with Crippen LogP contribution in [0.15, 0.2) is 41.3 Å². The average Bonchev–Trinajstić information content (AvgIpc) is 2.36. The van der Waals surface area contributed by atoms with Crippen LogP contribution in [0.3, 0.4) is 0 Å². The summed E-state index contributed by atoms with van der Waals surface area (Å²) in [5, 5.41) is 0. The van der Waals surface area contributed by atoms with Crippen molar-refractivity contribution in [2.45, 2.75) is 18.7 Å². The Morgan fingerprint density at radius 3 is 2.29 bits per heavy atom. The van der Waals surface area contributed by atoms with Gasteiger partial charge in [0, 0.05) is 23.1 Å². The molecule has 0 amide bonds. The van der Waals surface area contributed by atoms with Crippen LogP contribution in [0.1, 0.15) is 27.0 Å². The van der Waals surface area contributed by atoms with Crippen molar-refractivity contribution in [1.82, 2.24) is 0 Å². The lowest BCUT2D eigenvalue weighted by Gasteiger charge is -2.08. The van der Waals surface area contributed by atoms with Gasteiger partial charge in [-0.25, -0.2) is 8.42 Å². The number of ketones is 1. The quantitative estimate of drug-likeness (QED) is 0.698. The van der Waals surface area contributed by atoms with Crippen molar-refractivity contribution in [1.29, 1.82) is 0 Å². The number of benzene rings is 2. The number of nitrogen functional groups attached to an aromatic ring is 1. The molecule has 110 valence electrons. The number of hydrogen-bond donors (Lipinski definition) is 1. The monoisotopic (exact) mass is 303 g/mol. The second-order valence-electron chi connectivity index (χ2n) is 5.21. The molecule has 2 aromatic rings. The third-order valence-electron chi connectivity index (χ3n) is 3.25. The van der Waals surface area contributed by atoms with Crippen LogP contribution >= 0.6 is 0 Å². The molecular weight excluding hydrogens is 286 g/mol. The molecule has 2 N–H and O–H groups in total. The molecule has 0 saturated carbocycles. The van der Waals surface area contributed by atoms with Gasteiger partial charge in [-0.15, -0.1) is 0 Å². The summed E-state index contributed by atoms with van der Waals surface area (Å²) in [7, 11) is -3.41. The fourth-order valence-electron chi connectivity index (χ4n) is 2.19. The lowest BCUT2D eigenvalue weighted by Crippen LogP contribution is -2.07. The minimum atomic E-state index is -3.41. The fourth-order valence-corrected chi connectivity index (χ4v) is 2.88. The number of carbonyl (C=O) groups is 1. The first-order chi connectivity index (χ1) is 9.68. The van der Waals surface area contributed by atoms with E-state index < -0.39 is 9.84 Å². The topological polar surface area (TPSA) is 77.2 Å². The molecule has 2 aromatic carbocycles. The van der Waals surface area contributed by atoms with Crippen LogP contribution in [0.25, 0.3) is 0 Å². The maximum atomic E-state index is 12.6. The maximum absolute atomic E-state index is 12.6.